The number of para-hydroxylation sites is 1. The number of nitrogens with one attached hydrogen (secondary N) is 3. The van der Waals surface area contributed by atoms with Crippen molar-refractivity contribution in [3.8, 4) is 0 Å². The quantitative estimate of drug-likeness (QED) is 0.128. The minimum atomic E-state index is -0.373. The van der Waals surface area contributed by atoms with E-state index in [9.17, 15) is 19.7 Å². The second kappa shape index (κ2) is 12.3. The zero-order valence-electron chi connectivity index (χ0n) is 22.6. The van der Waals surface area contributed by atoms with Crippen molar-refractivity contribution >= 4 is 46.6 Å². The number of H-pyrrole nitrogens is 1. The molecule has 0 radical (unpaired) electrons. The van der Waals surface area contributed by atoms with Crippen LogP contribution in [0.1, 0.15) is 52.3 Å². The topological polar surface area (TPSA) is 120 Å². The van der Waals surface area contributed by atoms with Gasteiger partial charge in [0.25, 0.3) is 17.5 Å². The van der Waals surface area contributed by atoms with Crippen LogP contribution in [-0.2, 0) is 10.5 Å². The van der Waals surface area contributed by atoms with E-state index in [-0.39, 0.29) is 22.4 Å². The van der Waals surface area contributed by atoms with E-state index in [1.54, 1.807) is 24.3 Å². The standard InChI is InChI=1S/C29H33N5O4S/c1-5-33(6-2)14-13-30-29(36)27-18(3)25(31-19(27)4)16-23-22-15-21(11-12-24(22)32-28(23)35)39-17-20-9-7-8-10-26(20)34(37)38/h7-12,15-16,31H,5-6,13-14,17H2,1-4H3,(H,30,36)(H,32,35)/b23-16-. The number of rotatable bonds is 11. The predicted molar refractivity (Wildman–Crippen MR) is 156 cm³/mol. The van der Waals surface area contributed by atoms with E-state index in [4.69, 9.17) is 0 Å². The number of amides is 2. The molecule has 2 aromatic carbocycles. The van der Waals surface area contributed by atoms with Crippen LogP contribution in [0.2, 0.25) is 0 Å². The van der Waals surface area contributed by atoms with Crippen LogP contribution >= 0.6 is 11.8 Å². The molecule has 1 aliphatic heterocycles. The summed E-state index contributed by atoms with van der Waals surface area (Å²) in [4.78, 5) is 43.2. The van der Waals surface area contributed by atoms with Crippen molar-refractivity contribution in [2.75, 3.05) is 31.5 Å². The van der Waals surface area contributed by atoms with Gasteiger partial charge in [0.15, 0.2) is 0 Å². The van der Waals surface area contributed by atoms with E-state index in [0.29, 0.717) is 40.4 Å². The summed E-state index contributed by atoms with van der Waals surface area (Å²) < 4.78 is 0. The number of nitrogens with zero attached hydrogens (tertiary/aromatic N) is 2. The second-order valence-corrected chi connectivity index (χ2v) is 10.4. The van der Waals surface area contributed by atoms with Gasteiger partial charge in [-0.3, -0.25) is 19.7 Å². The Labute approximate surface area is 232 Å². The molecular weight excluding hydrogens is 514 g/mol. The second-order valence-electron chi connectivity index (χ2n) is 9.34. The number of benzene rings is 2. The van der Waals surface area contributed by atoms with E-state index in [0.717, 1.165) is 41.4 Å². The predicted octanol–water partition coefficient (Wildman–Crippen LogP) is 5.40. The van der Waals surface area contributed by atoms with Gasteiger partial charge in [-0.15, -0.1) is 11.8 Å². The zero-order chi connectivity index (χ0) is 28.1. The average Bonchev–Trinajstić information content (AvgIpc) is 3.39. The molecule has 0 saturated carbocycles. The van der Waals surface area contributed by atoms with E-state index in [2.05, 4.69) is 34.4 Å². The number of nitro groups is 1. The first-order chi connectivity index (χ1) is 18.7. The summed E-state index contributed by atoms with van der Waals surface area (Å²) in [5.74, 6) is 0.0728. The third kappa shape index (κ3) is 6.23. The molecule has 0 saturated heterocycles. The number of aromatic nitrogens is 1. The SMILES string of the molecule is CCN(CC)CCNC(=O)c1c(C)[nH]c(/C=C2\C(=O)Nc3ccc(SCc4ccccc4[N+](=O)[O-])cc32)c1C. The Morgan fingerprint density at radius 1 is 1.15 bits per heavy atom. The molecule has 3 aromatic rings. The minimum absolute atomic E-state index is 0.0917. The number of hydrogen-bond donors (Lipinski definition) is 3. The first-order valence-corrected chi connectivity index (χ1v) is 13.9. The molecule has 0 unspecified atom stereocenters. The van der Waals surface area contributed by atoms with Crippen LogP contribution in [0.15, 0.2) is 47.4 Å². The van der Waals surface area contributed by atoms with Crippen molar-refractivity contribution in [2.24, 2.45) is 0 Å². The number of aromatic amines is 1. The molecule has 0 spiro atoms. The summed E-state index contributed by atoms with van der Waals surface area (Å²) in [6.07, 6.45) is 1.78. The maximum Gasteiger partial charge on any atom is 0.273 e. The lowest BCUT2D eigenvalue weighted by Gasteiger charge is -2.18. The molecule has 1 aliphatic rings. The number of anilines is 1. The molecule has 2 amide bonds. The summed E-state index contributed by atoms with van der Waals surface area (Å²) in [6.45, 7) is 11.1. The fourth-order valence-electron chi connectivity index (χ4n) is 4.73. The fourth-order valence-corrected chi connectivity index (χ4v) is 5.66. The molecule has 39 heavy (non-hydrogen) atoms. The molecule has 1 aromatic heterocycles. The Balaban J connectivity index is 1.54. The largest absolute Gasteiger partial charge is 0.358 e. The maximum absolute atomic E-state index is 13.0. The van der Waals surface area contributed by atoms with Crippen molar-refractivity contribution in [3.63, 3.8) is 0 Å². The van der Waals surface area contributed by atoms with Gasteiger partial charge in [-0.2, -0.15) is 0 Å². The van der Waals surface area contributed by atoms with Crippen LogP contribution in [0.5, 0.6) is 0 Å². The summed E-state index contributed by atoms with van der Waals surface area (Å²) in [5.41, 5.74) is 5.51. The third-order valence-electron chi connectivity index (χ3n) is 6.96. The smallest absolute Gasteiger partial charge is 0.273 e. The molecule has 0 fully saturated rings. The Hall–Kier alpha value is -3.89. The number of likely N-dealkylation sites (N-methyl/N-ethyl adjacent to an activating group) is 1. The van der Waals surface area contributed by atoms with Crippen LogP contribution in [-0.4, -0.2) is 52.8 Å². The molecule has 2 heterocycles. The monoisotopic (exact) mass is 547 g/mol. The Morgan fingerprint density at radius 2 is 1.90 bits per heavy atom. The summed E-state index contributed by atoms with van der Waals surface area (Å²) >= 11 is 1.47. The van der Waals surface area contributed by atoms with Gasteiger partial charge in [0.2, 0.25) is 0 Å². The van der Waals surface area contributed by atoms with Crippen molar-refractivity contribution in [2.45, 2.75) is 38.3 Å². The summed E-state index contributed by atoms with van der Waals surface area (Å²) in [5, 5.41) is 17.3. The van der Waals surface area contributed by atoms with Crippen LogP contribution in [0.25, 0.3) is 11.6 Å². The Morgan fingerprint density at radius 3 is 2.62 bits per heavy atom. The third-order valence-corrected chi connectivity index (χ3v) is 8.00. The van der Waals surface area contributed by atoms with Gasteiger partial charge in [-0.05, 0) is 56.8 Å². The number of hydrogen-bond acceptors (Lipinski definition) is 6. The average molecular weight is 548 g/mol. The lowest BCUT2D eigenvalue weighted by molar-refractivity contribution is -0.385. The van der Waals surface area contributed by atoms with Gasteiger partial charge in [-0.1, -0.05) is 32.0 Å². The van der Waals surface area contributed by atoms with Gasteiger partial charge < -0.3 is 20.5 Å². The van der Waals surface area contributed by atoms with Crippen molar-refractivity contribution in [1.82, 2.24) is 15.2 Å². The van der Waals surface area contributed by atoms with Crippen molar-refractivity contribution in [1.29, 1.82) is 0 Å². The van der Waals surface area contributed by atoms with Crippen molar-refractivity contribution < 1.29 is 14.5 Å². The number of carbonyl (C=O) groups excluding carboxylic acids is 2. The van der Waals surface area contributed by atoms with Crippen LogP contribution in [0, 0.1) is 24.0 Å². The van der Waals surface area contributed by atoms with Crippen LogP contribution in [0.3, 0.4) is 0 Å². The highest BCUT2D eigenvalue weighted by Crippen LogP contribution is 2.38. The number of fused-ring (bicyclic) bond motifs is 1. The molecule has 204 valence electrons. The normalized spacial score (nSPS) is 13.6. The number of nitro benzene ring substituents is 1. The van der Waals surface area contributed by atoms with Gasteiger partial charge >= 0.3 is 0 Å². The molecule has 0 atom stereocenters. The van der Waals surface area contributed by atoms with Gasteiger partial charge in [0, 0.05) is 58.0 Å². The fraction of sp³-hybridized carbons (Fsp3) is 0.310. The number of carbonyl (C=O) groups is 2. The molecule has 0 bridgehead atoms. The van der Waals surface area contributed by atoms with Gasteiger partial charge in [-0.25, -0.2) is 0 Å². The highest BCUT2D eigenvalue weighted by atomic mass is 32.2. The van der Waals surface area contributed by atoms with Crippen LogP contribution in [0.4, 0.5) is 11.4 Å². The molecule has 4 rings (SSSR count). The summed E-state index contributed by atoms with van der Waals surface area (Å²) in [6, 6.07) is 12.4. The van der Waals surface area contributed by atoms with Gasteiger partial charge in [0.1, 0.15) is 0 Å². The molecule has 0 aliphatic carbocycles. The number of thioether (sulfide) groups is 1. The lowest BCUT2D eigenvalue weighted by atomic mass is 10.0. The molecule has 3 N–H and O–H groups in total. The Kier molecular flexibility index (Phi) is 8.88. The minimum Gasteiger partial charge on any atom is -0.358 e. The zero-order valence-corrected chi connectivity index (χ0v) is 23.4. The molecular formula is C29H33N5O4S. The molecule has 9 nitrogen and oxygen atoms in total. The van der Waals surface area contributed by atoms with Crippen molar-refractivity contribution in [3.05, 3.63) is 86.2 Å². The van der Waals surface area contributed by atoms with E-state index in [1.165, 1.54) is 17.8 Å². The van der Waals surface area contributed by atoms with E-state index < -0.39 is 0 Å². The first kappa shape index (κ1) is 28.1. The highest BCUT2D eigenvalue weighted by Gasteiger charge is 2.26. The highest BCUT2D eigenvalue weighted by molar-refractivity contribution is 7.98. The van der Waals surface area contributed by atoms with E-state index in [1.807, 2.05) is 32.0 Å². The lowest BCUT2D eigenvalue weighted by Crippen LogP contribution is -2.35. The van der Waals surface area contributed by atoms with E-state index >= 15 is 0 Å². The molecule has 10 heteroatoms. The Bertz CT molecular complexity index is 1440. The maximum atomic E-state index is 13.0. The number of aryl methyl sites for hydroxylation is 1. The van der Waals surface area contributed by atoms with Gasteiger partial charge in [0.05, 0.1) is 16.1 Å². The first-order valence-electron chi connectivity index (χ1n) is 13.0. The summed E-state index contributed by atoms with van der Waals surface area (Å²) in [7, 11) is 0. The van der Waals surface area contributed by atoms with Crippen LogP contribution < -0.4 is 10.6 Å².